The maximum absolute atomic E-state index is 12.2. The lowest BCUT2D eigenvalue weighted by Crippen LogP contribution is -2.34. The van der Waals surface area contributed by atoms with Gasteiger partial charge in [0.05, 0.1) is 13.2 Å². The number of ether oxygens (including phenoxy) is 1. The standard InChI is InChI=1S/C18H20N2O2/c1-22-15-11-9-14(10-12-15)19-18(21)20-17-8-4-6-13-5-2-3-7-16(13)17/h2-3,5,7,9-12,17H,4,6,8H2,1H3,(H2,19,20,21)/t17-/m1/s1. The average molecular weight is 296 g/mol. The molecule has 1 aliphatic rings. The van der Waals surface area contributed by atoms with Gasteiger partial charge in [-0.3, -0.25) is 0 Å². The lowest BCUT2D eigenvalue weighted by Gasteiger charge is -2.26. The van der Waals surface area contributed by atoms with E-state index in [1.807, 2.05) is 30.3 Å². The van der Waals surface area contributed by atoms with E-state index in [9.17, 15) is 4.79 Å². The molecule has 2 amide bonds. The topological polar surface area (TPSA) is 50.4 Å². The van der Waals surface area contributed by atoms with Crippen molar-refractivity contribution in [2.24, 2.45) is 0 Å². The number of aryl methyl sites for hydroxylation is 1. The number of benzene rings is 2. The summed E-state index contributed by atoms with van der Waals surface area (Å²) in [6.45, 7) is 0. The number of urea groups is 1. The van der Waals surface area contributed by atoms with Crippen LogP contribution in [0, 0.1) is 0 Å². The number of amides is 2. The van der Waals surface area contributed by atoms with Crippen LogP contribution in [-0.2, 0) is 6.42 Å². The van der Waals surface area contributed by atoms with Gasteiger partial charge >= 0.3 is 6.03 Å². The fourth-order valence-corrected chi connectivity index (χ4v) is 2.90. The van der Waals surface area contributed by atoms with Gasteiger partial charge < -0.3 is 15.4 Å². The second kappa shape index (κ2) is 6.52. The van der Waals surface area contributed by atoms with Crippen LogP contribution >= 0.6 is 0 Å². The second-order valence-corrected chi connectivity index (χ2v) is 5.47. The molecule has 0 unspecified atom stereocenters. The van der Waals surface area contributed by atoms with Gasteiger partial charge in [-0.1, -0.05) is 24.3 Å². The van der Waals surface area contributed by atoms with E-state index in [4.69, 9.17) is 4.74 Å². The van der Waals surface area contributed by atoms with Gasteiger partial charge in [0.2, 0.25) is 0 Å². The van der Waals surface area contributed by atoms with Crippen molar-refractivity contribution >= 4 is 11.7 Å². The van der Waals surface area contributed by atoms with Gasteiger partial charge in [-0.15, -0.1) is 0 Å². The molecule has 1 aliphatic carbocycles. The van der Waals surface area contributed by atoms with Crippen molar-refractivity contribution in [3.63, 3.8) is 0 Å². The maximum atomic E-state index is 12.2. The first-order valence-electron chi connectivity index (χ1n) is 7.55. The molecule has 114 valence electrons. The van der Waals surface area contributed by atoms with Crippen LogP contribution in [0.2, 0.25) is 0 Å². The number of hydrogen-bond donors (Lipinski definition) is 2. The fraction of sp³-hybridized carbons (Fsp3) is 0.278. The lowest BCUT2D eigenvalue weighted by atomic mass is 9.88. The second-order valence-electron chi connectivity index (χ2n) is 5.47. The van der Waals surface area contributed by atoms with Gasteiger partial charge in [-0.25, -0.2) is 4.79 Å². The van der Waals surface area contributed by atoms with Gasteiger partial charge in [0.15, 0.2) is 0 Å². The summed E-state index contributed by atoms with van der Waals surface area (Å²) >= 11 is 0. The average Bonchev–Trinajstić information content (AvgIpc) is 2.56. The van der Waals surface area contributed by atoms with Crippen molar-refractivity contribution in [2.45, 2.75) is 25.3 Å². The first-order valence-corrected chi connectivity index (χ1v) is 7.55. The molecule has 4 nitrogen and oxygen atoms in total. The van der Waals surface area contributed by atoms with E-state index in [0.717, 1.165) is 30.7 Å². The fourth-order valence-electron chi connectivity index (χ4n) is 2.90. The molecule has 0 saturated heterocycles. The highest BCUT2D eigenvalue weighted by atomic mass is 16.5. The number of fused-ring (bicyclic) bond motifs is 1. The molecular weight excluding hydrogens is 276 g/mol. The molecule has 0 aromatic heterocycles. The zero-order valence-corrected chi connectivity index (χ0v) is 12.6. The van der Waals surface area contributed by atoms with Crippen molar-refractivity contribution in [2.75, 3.05) is 12.4 Å². The Balaban J connectivity index is 1.65. The van der Waals surface area contributed by atoms with E-state index in [2.05, 4.69) is 28.8 Å². The quantitative estimate of drug-likeness (QED) is 0.902. The van der Waals surface area contributed by atoms with Crippen molar-refractivity contribution in [3.8, 4) is 5.75 Å². The Morgan fingerprint density at radius 1 is 1.14 bits per heavy atom. The largest absolute Gasteiger partial charge is 0.497 e. The maximum Gasteiger partial charge on any atom is 0.319 e. The molecule has 4 heteroatoms. The van der Waals surface area contributed by atoms with Crippen molar-refractivity contribution < 1.29 is 9.53 Å². The van der Waals surface area contributed by atoms with Gasteiger partial charge in [0.25, 0.3) is 0 Å². The van der Waals surface area contributed by atoms with Gasteiger partial charge in [0, 0.05) is 5.69 Å². The third-order valence-electron chi connectivity index (χ3n) is 4.02. The Morgan fingerprint density at radius 3 is 2.68 bits per heavy atom. The molecule has 2 aromatic rings. The van der Waals surface area contributed by atoms with E-state index in [1.165, 1.54) is 11.1 Å². The Hall–Kier alpha value is -2.49. The van der Waals surface area contributed by atoms with E-state index in [-0.39, 0.29) is 12.1 Å². The summed E-state index contributed by atoms with van der Waals surface area (Å²) in [5.41, 5.74) is 3.32. The van der Waals surface area contributed by atoms with Crippen LogP contribution in [-0.4, -0.2) is 13.1 Å². The van der Waals surface area contributed by atoms with Crippen LogP contribution in [0.1, 0.15) is 30.0 Å². The lowest BCUT2D eigenvalue weighted by molar-refractivity contribution is 0.247. The van der Waals surface area contributed by atoms with Crippen molar-refractivity contribution in [3.05, 3.63) is 59.7 Å². The summed E-state index contributed by atoms with van der Waals surface area (Å²) in [4.78, 5) is 12.2. The predicted molar refractivity (Wildman–Crippen MR) is 87.3 cm³/mol. The van der Waals surface area contributed by atoms with Crippen LogP contribution in [0.3, 0.4) is 0 Å². The van der Waals surface area contributed by atoms with Gasteiger partial charge in [-0.2, -0.15) is 0 Å². The summed E-state index contributed by atoms with van der Waals surface area (Å²) in [7, 11) is 1.62. The third kappa shape index (κ3) is 3.22. The minimum atomic E-state index is -0.174. The van der Waals surface area contributed by atoms with Crippen LogP contribution in [0.4, 0.5) is 10.5 Å². The van der Waals surface area contributed by atoms with Gasteiger partial charge in [0.1, 0.15) is 5.75 Å². The minimum absolute atomic E-state index is 0.0863. The number of carbonyl (C=O) groups excluding carboxylic acids is 1. The summed E-state index contributed by atoms with van der Waals surface area (Å²) in [5.74, 6) is 0.771. The van der Waals surface area contributed by atoms with Gasteiger partial charge in [-0.05, 0) is 54.7 Å². The molecule has 0 fully saturated rings. The summed E-state index contributed by atoms with van der Waals surface area (Å²) < 4.78 is 5.11. The van der Waals surface area contributed by atoms with Crippen LogP contribution in [0.25, 0.3) is 0 Å². The Labute approximate surface area is 130 Å². The SMILES string of the molecule is COc1ccc(NC(=O)N[C@@H]2CCCc3ccccc32)cc1. The molecule has 0 aliphatic heterocycles. The summed E-state index contributed by atoms with van der Waals surface area (Å²) in [6, 6.07) is 15.5. The first-order chi connectivity index (χ1) is 10.8. The van der Waals surface area contributed by atoms with E-state index < -0.39 is 0 Å². The number of methoxy groups -OCH3 is 1. The monoisotopic (exact) mass is 296 g/mol. The minimum Gasteiger partial charge on any atom is -0.497 e. The predicted octanol–water partition coefficient (Wildman–Crippen LogP) is 3.89. The molecule has 0 radical (unpaired) electrons. The van der Waals surface area contributed by atoms with E-state index in [1.54, 1.807) is 7.11 Å². The molecule has 22 heavy (non-hydrogen) atoms. The molecule has 0 saturated carbocycles. The zero-order chi connectivity index (χ0) is 15.4. The molecule has 2 N–H and O–H groups in total. The highest BCUT2D eigenvalue weighted by molar-refractivity contribution is 5.89. The van der Waals surface area contributed by atoms with Crippen molar-refractivity contribution in [1.82, 2.24) is 5.32 Å². The highest BCUT2D eigenvalue weighted by Gasteiger charge is 2.21. The number of carbonyl (C=O) groups is 1. The molecule has 3 rings (SSSR count). The Morgan fingerprint density at radius 2 is 1.91 bits per heavy atom. The molecule has 0 bridgehead atoms. The molecule has 2 aromatic carbocycles. The first kappa shape index (κ1) is 14.4. The normalized spacial score (nSPS) is 16.5. The molecule has 0 spiro atoms. The molecular formula is C18H20N2O2. The van der Waals surface area contributed by atoms with E-state index in [0.29, 0.717) is 0 Å². The summed E-state index contributed by atoms with van der Waals surface area (Å²) in [6.07, 6.45) is 3.17. The number of hydrogen-bond acceptors (Lipinski definition) is 2. The summed E-state index contributed by atoms with van der Waals surface area (Å²) in [5, 5.41) is 5.94. The number of rotatable bonds is 3. The van der Waals surface area contributed by atoms with Crippen LogP contribution in [0.5, 0.6) is 5.75 Å². The number of nitrogens with one attached hydrogen (secondary N) is 2. The van der Waals surface area contributed by atoms with E-state index >= 15 is 0 Å². The van der Waals surface area contributed by atoms with Crippen LogP contribution in [0.15, 0.2) is 48.5 Å². The Bertz CT molecular complexity index is 652. The molecule has 1 atom stereocenters. The number of anilines is 1. The highest BCUT2D eigenvalue weighted by Crippen LogP contribution is 2.29. The molecule has 0 heterocycles. The third-order valence-corrected chi connectivity index (χ3v) is 4.02. The zero-order valence-electron chi connectivity index (χ0n) is 12.6. The van der Waals surface area contributed by atoms with Crippen molar-refractivity contribution in [1.29, 1.82) is 0 Å². The Kier molecular flexibility index (Phi) is 4.28. The smallest absolute Gasteiger partial charge is 0.319 e. The van der Waals surface area contributed by atoms with Crippen LogP contribution < -0.4 is 15.4 Å².